The van der Waals surface area contributed by atoms with Crippen LogP contribution in [0.5, 0.6) is 0 Å². The molecule has 0 bridgehead atoms. The zero-order valence-corrected chi connectivity index (χ0v) is 10.3. The Balaban J connectivity index is 3.42. The van der Waals surface area contributed by atoms with Gasteiger partial charge in [-0.15, -0.1) is 12.6 Å². The summed E-state index contributed by atoms with van der Waals surface area (Å²) in [5, 5.41) is 8.73. The lowest BCUT2D eigenvalue weighted by Crippen LogP contribution is -2.06. The van der Waals surface area contributed by atoms with Crippen LogP contribution in [-0.2, 0) is 4.74 Å². The number of halogens is 1. The number of carbonyl (C=O) groups excluding carboxylic acids is 1. The molecule has 0 N–H and O–H groups in total. The minimum absolute atomic E-state index is 0.343. The number of hydrogen-bond acceptors (Lipinski definition) is 4. The van der Waals surface area contributed by atoms with Gasteiger partial charge in [0.05, 0.1) is 18.2 Å². The van der Waals surface area contributed by atoms with Crippen LogP contribution in [-0.4, -0.2) is 13.1 Å². The van der Waals surface area contributed by atoms with E-state index in [1.165, 1.54) is 7.11 Å². The summed E-state index contributed by atoms with van der Waals surface area (Å²) in [6.07, 6.45) is 0. The third kappa shape index (κ3) is 2.01. The maximum atomic E-state index is 11.3. The summed E-state index contributed by atoms with van der Waals surface area (Å²) in [6, 6.07) is 5.26. The first-order valence-electron chi connectivity index (χ1n) is 3.61. The molecule has 0 saturated carbocycles. The van der Waals surface area contributed by atoms with Crippen molar-refractivity contribution in [1.82, 2.24) is 0 Å². The summed E-state index contributed by atoms with van der Waals surface area (Å²) in [5.74, 6) is -0.475. The summed E-state index contributed by atoms with van der Waals surface area (Å²) in [4.78, 5) is 11.7. The van der Waals surface area contributed by atoms with Crippen molar-refractivity contribution in [1.29, 1.82) is 5.26 Å². The van der Waals surface area contributed by atoms with E-state index in [1.54, 1.807) is 12.1 Å². The van der Waals surface area contributed by atoms with Gasteiger partial charge in [-0.3, -0.25) is 0 Å². The van der Waals surface area contributed by atoms with Gasteiger partial charge in [0.2, 0.25) is 0 Å². The number of nitriles is 1. The molecule has 14 heavy (non-hydrogen) atoms. The summed E-state index contributed by atoms with van der Waals surface area (Å²) in [7, 11) is 1.30. The zero-order valence-electron chi connectivity index (χ0n) is 7.24. The Morgan fingerprint density at radius 3 is 2.79 bits per heavy atom. The fourth-order valence-electron chi connectivity index (χ4n) is 0.953. The number of methoxy groups -OCH3 is 1. The van der Waals surface area contributed by atoms with Gasteiger partial charge in [-0.05, 0) is 34.7 Å². The Bertz CT molecular complexity index is 426. The van der Waals surface area contributed by atoms with Crippen LogP contribution in [0.4, 0.5) is 0 Å². The van der Waals surface area contributed by atoms with Crippen molar-refractivity contribution in [2.24, 2.45) is 0 Å². The van der Waals surface area contributed by atoms with Gasteiger partial charge in [0, 0.05) is 8.47 Å². The number of ether oxygens (including phenoxy) is 1. The molecule has 0 heterocycles. The smallest absolute Gasteiger partial charge is 0.340 e. The van der Waals surface area contributed by atoms with Gasteiger partial charge >= 0.3 is 5.97 Å². The van der Waals surface area contributed by atoms with Crippen molar-refractivity contribution in [3.05, 3.63) is 26.8 Å². The van der Waals surface area contributed by atoms with Crippen molar-refractivity contribution in [3.63, 3.8) is 0 Å². The van der Waals surface area contributed by atoms with Crippen LogP contribution in [0.2, 0.25) is 0 Å². The summed E-state index contributed by atoms with van der Waals surface area (Å²) in [5.41, 5.74) is 0.713. The van der Waals surface area contributed by atoms with Gasteiger partial charge in [-0.25, -0.2) is 4.79 Å². The molecule has 0 saturated heterocycles. The number of hydrogen-bond donors (Lipinski definition) is 1. The van der Waals surface area contributed by atoms with Crippen molar-refractivity contribution < 1.29 is 9.53 Å². The first kappa shape index (κ1) is 11.3. The Hall–Kier alpha value is -0.740. The van der Waals surface area contributed by atoms with Crippen LogP contribution >= 0.6 is 35.2 Å². The molecule has 72 valence electrons. The minimum Gasteiger partial charge on any atom is -0.465 e. The van der Waals surface area contributed by atoms with E-state index in [0.717, 1.165) is 3.57 Å². The molecule has 1 rings (SSSR count). The van der Waals surface area contributed by atoms with Gasteiger partial charge < -0.3 is 4.74 Å². The molecule has 0 spiro atoms. The van der Waals surface area contributed by atoms with Crippen LogP contribution in [0.1, 0.15) is 15.9 Å². The average Bonchev–Trinajstić information content (AvgIpc) is 2.18. The highest BCUT2D eigenvalue weighted by Gasteiger charge is 2.16. The van der Waals surface area contributed by atoms with Gasteiger partial charge in [0.1, 0.15) is 6.07 Å². The Morgan fingerprint density at radius 1 is 1.64 bits per heavy atom. The zero-order chi connectivity index (χ0) is 10.7. The molecule has 0 fully saturated rings. The van der Waals surface area contributed by atoms with Gasteiger partial charge in [-0.2, -0.15) is 5.26 Å². The molecule has 0 aliphatic heterocycles. The van der Waals surface area contributed by atoms with E-state index < -0.39 is 5.97 Å². The second-order valence-corrected chi connectivity index (χ2v) is 4.03. The van der Waals surface area contributed by atoms with Crippen molar-refractivity contribution >= 4 is 41.2 Å². The number of thiol groups is 1. The highest BCUT2D eigenvalue weighted by Crippen LogP contribution is 2.24. The second-order valence-electron chi connectivity index (χ2n) is 2.42. The molecular weight excluding hydrogens is 313 g/mol. The Morgan fingerprint density at radius 2 is 2.29 bits per heavy atom. The van der Waals surface area contributed by atoms with E-state index in [4.69, 9.17) is 5.26 Å². The molecular formula is C9H6INO2S. The van der Waals surface area contributed by atoms with Gasteiger partial charge in [0.25, 0.3) is 0 Å². The molecule has 5 heteroatoms. The fourth-order valence-corrected chi connectivity index (χ4v) is 2.17. The third-order valence-electron chi connectivity index (χ3n) is 1.64. The molecule has 3 nitrogen and oxygen atoms in total. The Kier molecular flexibility index (Phi) is 3.77. The molecule has 1 aromatic carbocycles. The van der Waals surface area contributed by atoms with Gasteiger partial charge in [0.15, 0.2) is 0 Å². The molecule has 0 amide bonds. The van der Waals surface area contributed by atoms with Crippen molar-refractivity contribution in [3.8, 4) is 6.07 Å². The number of carbonyl (C=O) groups is 1. The van der Waals surface area contributed by atoms with E-state index in [-0.39, 0.29) is 0 Å². The summed E-state index contributed by atoms with van der Waals surface area (Å²) < 4.78 is 5.32. The topological polar surface area (TPSA) is 50.1 Å². The molecule has 0 radical (unpaired) electrons. The highest BCUT2D eigenvalue weighted by atomic mass is 127. The maximum Gasteiger partial charge on any atom is 0.340 e. The molecule has 0 aromatic heterocycles. The van der Waals surface area contributed by atoms with Crippen LogP contribution in [0, 0.1) is 14.9 Å². The average molecular weight is 319 g/mol. The number of benzene rings is 1. The number of esters is 1. The lowest BCUT2D eigenvalue weighted by molar-refractivity contribution is 0.0595. The summed E-state index contributed by atoms with van der Waals surface area (Å²) in [6.45, 7) is 0. The highest BCUT2D eigenvalue weighted by molar-refractivity contribution is 14.1. The SMILES string of the molecule is COC(=O)c1c(I)ccc(C#N)c1S. The monoisotopic (exact) mass is 319 g/mol. The largest absolute Gasteiger partial charge is 0.465 e. The van der Waals surface area contributed by atoms with Crippen molar-refractivity contribution in [2.75, 3.05) is 7.11 Å². The second kappa shape index (κ2) is 4.66. The number of nitrogens with zero attached hydrogens (tertiary/aromatic N) is 1. The molecule has 1 aromatic rings. The first-order chi connectivity index (χ1) is 6.61. The van der Waals surface area contributed by atoms with E-state index in [1.807, 2.05) is 28.7 Å². The minimum atomic E-state index is -0.475. The van der Waals surface area contributed by atoms with Crippen LogP contribution in [0.15, 0.2) is 17.0 Å². The van der Waals surface area contributed by atoms with Gasteiger partial charge in [-0.1, -0.05) is 0 Å². The quantitative estimate of drug-likeness (QED) is 0.491. The third-order valence-corrected chi connectivity index (χ3v) is 3.00. The van der Waals surface area contributed by atoms with Crippen molar-refractivity contribution in [2.45, 2.75) is 4.90 Å². The first-order valence-corrected chi connectivity index (χ1v) is 5.14. The molecule has 0 aliphatic rings. The van der Waals surface area contributed by atoms with Crippen LogP contribution < -0.4 is 0 Å². The predicted octanol–water partition coefficient (Wildman–Crippen LogP) is 2.24. The van der Waals surface area contributed by atoms with E-state index >= 15 is 0 Å². The number of rotatable bonds is 1. The van der Waals surface area contributed by atoms with E-state index in [9.17, 15) is 4.79 Å². The predicted molar refractivity (Wildman–Crippen MR) is 62.5 cm³/mol. The normalized spacial score (nSPS) is 9.29. The molecule has 0 aliphatic carbocycles. The lowest BCUT2D eigenvalue weighted by Gasteiger charge is -2.06. The molecule has 0 unspecified atom stereocenters. The fraction of sp³-hybridized carbons (Fsp3) is 0.111. The maximum absolute atomic E-state index is 11.3. The molecule has 0 atom stereocenters. The summed E-state index contributed by atoms with van der Waals surface area (Å²) >= 11 is 6.12. The standard InChI is InChI=1S/C9H6INO2S/c1-13-9(12)7-6(10)3-2-5(4-11)8(7)14/h2-3,14H,1H3. The lowest BCUT2D eigenvalue weighted by atomic mass is 10.1. The van der Waals surface area contributed by atoms with E-state index in [0.29, 0.717) is 16.0 Å². The van der Waals surface area contributed by atoms with Crippen LogP contribution in [0.3, 0.4) is 0 Å². The Labute approximate surface area is 101 Å². The van der Waals surface area contributed by atoms with E-state index in [2.05, 4.69) is 17.4 Å². The van der Waals surface area contributed by atoms with Crippen LogP contribution in [0.25, 0.3) is 0 Å².